The van der Waals surface area contributed by atoms with Crippen LogP contribution < -0.4 is 30.1 Å². The van der Waals surface area contributed by atoms with E-state index in [0.29, 0.717) is 35.7 Å². The molecule has 3 aromatic carbocycles. The molecule has 5 aliphatic heterocycles. The average molecular weight is 964 g/mol. The molecular weight excluding hydrogens is 917 g/mol. The van der Waals surface area contributed by atoms with Crippen LogP contribution in [0.2, 0.25) is 0 Å². The zero-order chi connectivity index (χ0) is 48.0. The Morgan fingerprint density at radius 2 is 1.57 bits per heavy atom. The Morgan fingerprint density at radius 3 is 2.25 bits per heavy atom. The summed E-state index contributed by atoms with van der Waals surface area (Å²) in [5.74, 6) is -1.90. The third-order valence-corrected chi connectivity index (χ3v) is 14.9. The summed E-state index contributed by atoms with van der Waals surface area (Å²) in [6.45, 7) is 8.40. The van der Waals surface area contributed by atoms with Gasteiger partial charge in [0.25, 0.3) is 11.5 Å². The molecule has 4 fully saturated rings. The van der Waals surface area contributed by atoms with E-state index < -0.39 is 51.0 Å². The van der Waals surface area contributed by atoms with Gasteiger partial charge in [-0.3, -0.25) is 43.6 Å². The van der Waals surface area contributed by atoms with Gasteiger partial charge in [0.15, 0.2) is 11.6 Å². The number of alkyl halides is 1. The number of halogens is 2. The van der Waals surface area contributed by atoms with Crippen LogP contribution in [0.3, 0.4) is 0 Å². The molecule has 3 amide bonds. The molecule has 0 saturated carbocycles. The van der Waals surface area contributed by atoms with Crippen LogP contribution in [-0.2, 0) is 26.3 Å². The first-order valence-corrected chi connectivity index (χ1v) is 24.1. The molecule has 7 heterocycles. The number of imide groups is 1. The fraction of sp³-hybridized carbons (Fsp3) is 0.391. The second-order valence-corrected chi connectivity index (χ2v) is 19.3. The van der Waals surface area contributed by atoms with Gasteiger partial charge in [-0.15, -0.1) is 0 Å². The van der Waals surface area contributed by atoms with E-state index in [0.717, 1.165) is 93.1 Å². The lowest BCUT2D eigenvalue weighted by Crippen LogP contribution is -2.52. The van der Waals surface area contributed by atoms with Gasteiger partial charge < -0.3 is 19.4 Å². The van der Waals surface area contributed by atoms with Crippen LogP contribution in [0.25, 0.3) is 16.6 Å². The van der Waals surface area contributed by atoms with Gasteiger partial charge >= 0.3 is 10.2 Å². The number of anilines is 3. The van der Waals surface area contributed by atoms with Gasteiger partial charge in [-0.1, -0.05) is 0 Å². The number of piperazine rings is 2. The highest BCUT2D eigenvalue weighted by atomic mass is 32.2. The number of carbonyl (C=O) groups excluding carboxylic acids is 3. The van der Waals surface area contributed by atoms with Crippen LogP contribution in [-0.4, -0.2) is 155 Å². The number of amides is 3. The fourth-order valence-corrected chi connectivity index (χ4v) is 10.8. The van der Waals surface area contributed by atoms with Crippen molar-refractivity contribution in [2.45, 2.75) is 38.0 Å². The van der Waals surface area contributed by atoms with Gasteiger partial charge in [-0.25, -0.2) is 23.7 Å². The van der Waals surface area contributed by atoms with E-state index in [1.165, 1.54) is 29.1 Å². The molecule has 69 heavy (non-hydrogen) atoms. The predicted molar refractivity (Wildman–Crippen MR) is 248 cm³/mol. The van der Waals surface area contributed by atoms with Crippen molar-refractivity contribution in [3.8, 4) is 23.3 Å². The van der Waals surface area contributed by atoms with Crippen molar-refractivity contribution in [1.29, 1.82) is 5.26 Å². The summed E-state index contributed by atoms with van der Waals surface area (Å²) in [7, 11) is -4.25. The van der Waals surface area contributed by atoms with Crippen molar-refractivity contribution in [3.05, 3.63) is 100 Å². The Morgan fingerprint density at radius 1 is 0.841 bits per heavy atom. The van der Waals surface area contributed by atoms with Gasteiger partial charge in [0, 0.05) is 103 Å². The second kappa shape index (κ2) is 18.8. The predicted octanol–water partition coefficient (Wildman–Crippen LogP) is 2.38. The number of aromatic nitrogens is 4. The molecule has 2 N–H and O–H groups in total. The Balaban J connectivity index is 0.715. The van der Waals surface area contributed by atoms with Gasteiger partial charge in [-0.05, 0) is 66.9 Å². The van der Waals surface area contributed by atoms with E-state index in [1.54, 1.807) is 23.4 Å². The average Bonchev–Trinajstić information content (AvgIpc) is 3.95. The topological polar surface area (TPSA) is 223 Å². The third kappa shape index (κ3) is 9.27. The fourth-order valence-electron chi connectivity index (χ4n) is 9.47. The van der Waals surface area contributed by atoms with Crippen LogP contribution >= 0.6 is 0 Å². The molecule has 23 heteroatoms. The zero-order valence-corrected chi connectivity index (χ0v) is 38.1. The normalized spacial score (nSPS) is 20.6. The largest absolute Gasteiger partial charge is 0.453 e. The number of hydrogen-bond donors (Lipinski definition) is 2. The maximum absolute atomic E-state index is 15.2. The Bertz CT molecular complexity index is 3070. The van der Waals surface area contributed by atoms with Crippen molar-refractivity contribution in [2.24, 2.45) is 0 Å². The number of nitrogens with one attached hydrogen (secondary N) is 2. The maximum atomic E-state index is 15.2. The van der Waals surface area contributed by atoms with E-state index in [1.807, 2.05) is 12.1 Å². The first-order chi connectivity index (χ1) is 33.3. The van der Waals surface area contributed by atoms with Crippen molar-refractivity contribution in [1.82, 2.24) is 43.8 Å². The smallest absolute Gasteiger partial charge is 0.301 e. The summed E-state index contributed by atoms with van der Waals surface area (Å²) in [4.78, 5) is 75.5. The highest BCUT2D eigenvalue weighted by Crippen LogP contribution is 2.35. The summed E-state index contributed by atoms with van der Waals surface area (Å²) in [5.41, 5.74) is 2.05. The molecule has 0 spiro atoms. The van der Waals surface area contributed by atoms with E-state index in [9.17, 15) is 37.2 Å². The van der Waals surface area contributed by atoms with E-state index in [-0.39, 0.29) is 54.6 Å². The highest BCUT2D eigenvalue weighted by molar-refractivity contribution is 7.90. The monoisotopic (exact) mass is 963 g/mol. The van der Waals surface area contributed by atoms with Crippen LogP contribution in [0.4, 0.5) is 26.1 Å². The molecule has 5 aliphatic rings. The standard InChI is InChI=1S/C46H47F2N13O7S/c47-30-9-10-59(27-30)69(66,67)54-39-6-4-37(48)42(36(39)23-49)68-33-2-5-38-35(22-33)45(65)61(28-52-38)32-24-50-46(51-25-32)58-19-15-56(16-20-58)12-11-55-13-17-57(18-14-55)31-1-3-34-29(21-31)26-60(44(34)64)40-7-8-41(62)53-43(40)63/h1-6,21-22,24-25,28,30,40,54H,7-20,26-27H2,(H,53,62,63)/t30-,40?/m1/s1. The summed E-state index contributed by atoms with van der Waals surface area (Å²) in [5, 5.41) is 12.4. The van der Waals surface area contributed by atoms with Crippen molar-refractivity contribution in [2.75, 3.05) is 93.1 Å². The maximum Gasteiger partial charge on any atom is 0.301 e. The molecule has 10 rings (SSSR count). The van der Waals surface area contributed by atoms with Gasteiger partial charge in [0.05, 0.1) is 34.7 Å². The zero-order valence-electron chi connectivity index (χ0n) is 37.3. The molecule has 358 valence electrons. The summed E-state index contributed by atoms with van der Waals surface area (Å²) >= 11 is 0. The molecule has 0 bridgehead atoms. The number of nitriles is 1. The van der Waals surface area contributed by atoms with Gasteiger partial charge in [0.1, 0.15) is 35.9 Å². The number of benzene rings is 3. The lowest BCUT2D eigenvalue weighted by atomic mass is 10.0. The summed E-state index contributed by atoms with van der Waals surface area (Å²) < 4.78 is 65.0. The first kappa shape index (κ1) is 45.6. The van der Waals surface area contributed by atoms with Gasteiger partial charge in [0.2, 0.25) is 17.8 Å². The Labute approximate surface area is 394 Å². The van der Waals surface area contributed by atoms with Crippen LogP contribution in [0.1, 0.15) is 40.7 Å². The van der Waals surface area contributed by atoms with E-state index in [4.69, 9.17) is 4.74 Å². The highest BCUT2D eigenvalue weighted by Gasteiger charge is 2.39. The number of fused-ring (bicyclic) bond motifs is 2. The minimum Gasteiger partial charge on any atom is -0.453 e. The molecular formula is C46H47F2N13O7S. The molecule has 2 atom stereocenters. The van der Waals surface area contributed by atoms with Crippen molar-refractivity contribution >= 4 is 56.2 Å². The molecule has 1 unspecified atom stereocenters. The molecule has 4 saturated heterocycles. The van der Waals surface area contributed by atoms with Crippen LogP contribution in [0.5, 0.6) is 11.5 Å². The Hall–Kier alpha value is -7.13. The van der Waals surface area contributed by atoms with Crippen molar-refractivity contribution < 1.29 is 36.3 Å². The van der Waals surface area contributed by atoms with E-state index >= 15 is 4.39 Å². The molecule has 0 radical (unpaired) electrons. The Kier molecular flexibility index (Phi) is 12.4. The quantitative estimate of drug-likeness (QED) is 0.172. The minimum absolute atomic E-state index is 0.0160. The summed E-state index contributed by atoms with van der Waals surface area (Å²) in [6.07, 6.45) is 3.71. The number of ether oxygens (including phenoxy) is 1. The third-order valence-electron chi connectivity index (χ3n) is 13.4. The van der Waals surface area contributed by atoms with Crippen LogP contribution in [0, 0.1) is 17.1 Å². The SMILES string of the molecule is N#Cc1c(NS(=O)(=O)N2CC[C@@H](F)C2)ccc(F)c1Oc1ccc2ncn(-c3cnc(N4CCN(CCN5CCN(c6ccc7c(c6)CN(C6CCC(=O)NC6=O)C7=O)CC5)CC4)nc3)c(=O)c2c1. The van der Waals surface area contributed by atoms with Crippen LogP contribution in [0.15, 0.2) is 72.0 Å². The molecule has 0 aliphatic carbocycles. The summed E-state index contributed by atoms with van der Waals surface area (Å²) in [6, 6.07) is 13.3. The number of nitrogens with zero attached hydrogens (tertiary/aromatic N) is 11. The van der Waals surface area contributed by atoms with E-state index in [2.05, 4.69) is 50.7 Å². The minimum atomic E-state index is -4.25. The number of carbonyl (C=O) groups is 3. The lowest BCUT2D eigenvalue weighted by molar-refractivity contribution is -0.136. The van der Waals surface area contributed by atoms with Crippen molar-refractivity contribution in [3.63, 3.8) is 0 Å². The number of piperidine rings is 1. The number of hydrogen-bond acceptors (Lipinski definition) is 15. The van der Waals surface area contributed by atoms with Gasteiger partial charge in [-0.2, -0.15) is 18.0 Å². The lowest BCUT2D eigenvalue weighted by Gasteiger charge is -2.39. The molecule has 5 aromatic rings. The first-order valence-electron chi connectivity index (χ1n) is 22.7. The molecule has 20 nitrogen and oxygen atoms in total. The number of rotatable bonds is 12. The molecule has 2 aromatic heterocycles. The second-order valence-electron chi connectivity index (χ2n) is 17.6.